The van der Waals surface area contributed by atoms with E-state index in [1.54, 1.807) is 0 Å². The summed E-state index contributed by atoms with van der Waals surface area (Å²) in [7, 11) is 3.34. The van der Waals surface area contributed by atoms with Gasteiger partial charge in [0.05, 0.1) is 13.5 Å². The molecule has 11 heavy (non-hydrogen) atoms. The van der Waals surface area contributed by atoms with Crippen LogP contribution in [0.5, 0.6) is 0 Å². The van der Waals surface area contributed by atoms with E-state index in [-0.39, 0.29) is 11.5 Å². The Labute approximate surface area is 67.1 Å². The van der Waals surface area contributed by atoms with Crippen molar-refractivity contribution in [2.75, 3.05) is 14.2 Å². The van der Waals surface area contributed by atoms with E-state index >= 15 is 0 Å². The molecule has 0 heterocycles. The molecule has 0 aromatic heterocycles. The monoisotopic (exact) mass is 157 g/mol. The second-order valence-electron chi connectivity index (χ2n) is 3.14. The van der Waals surface area contributed by atoms with Crippen molar-refractivity contribution in [3.63, 3.8) is 0 Å². The van der Waals surface area contributed by atoms with Gasteiger partial charge in [-0.3, -0.25) is 4.79 Å². The van der Waals surface area contributed by atoms with Gasteiger partial charge in [-0.2, -0.15) is 0 Å². The van der Waals surface area contributed by atoms with Crippen LogP contribution in [-0.2, 0) is 9.53 Å². The van der Waals surface area contributed by atoms with Crippen LogP contribution in [0.2, 0.25) is 0 Å². The quantitative estimate of drug-likeness (QED) is 0.612. The molecule has 1 aliphatic carbocycles. The Hall–Kier alpha value is -0.570. The molecule has 0 atom stereocenters. The lowest BCUT2D eigenvalue weighted by molar-refractivity contribution is -0.143. The van der Waals surface area contributed by atoms with Gasteiger partial charge < -0.3 is 10.1 Å². The summed E-state index contributed by atoms with van der Waals surface area (Å²) in [5.41, 5.74) is 0.0626. The van der Waals surface area contributed by atoms with Gasteiger partial charge >= 0.3 is 5.97 Å². The summed E-state index contributed by atoms with van der Waals surface area (Å²) in [6, 6.07) is 0. The number of nitrogens with one attached hydrogen (secondary N) is 1. The summed E-state index contributed by atoms with van der Waals surface area (Å²) < 4.78 is 4.60. The molecule has 1 aliphatic rings. The van der Waals surface area contributed by atoms with Crippen LogP contribution in [0.15, 0.2) is 0 Å². The molecule has 0 aliphatic heterocycles. The molecular weight excluding hydrogens is 142 g/mol. The van der Waals surface area contributed by atoms with Gasteiger partial charge in [0, 0.05) is 5.54 Å². The molecule has 64 valence electrons. The molecule has 0 spiro atoms. The van der Waals surface area contributed by atoms with Crippen LogP contribution in [0.25, 0.3) is 0 Å². The predicted molar refractivity (Wildman–Crippen MR) is 42.3 cm³/mol. The number of esters is 1. The normalized spacial score (nSPS) is 20.5. The van der Waals surface area contributed by atoms with Crippen LogP contribution in [-0.4, -0.2) is 25.7 Å². The van der Waals surface area contributed by atoms with Crippen molar-refractivity contribution < 1.29 is 9.53 Å². The molecule has 3 nitrogen and oxygen atoms in total. The molecule has 0 bridgehead atoms. The highest BCUT2D eigenvalue weighted by atomic mass is 16.5. The van der Waals surface area contributed by atoms with Crippen molar-refractivity contribution in [1.29, 1.82) is 0 Å². The lowest BCUT2D eigenvalue weighted by atomic mass is 9.74. The number of rotatable bonds is 3. The Morgan fingerprint density at radius 3 is 2.55 bits per heavy atom. The Morgan fingerprint density at radius 2 is 2.27 bits per heavy atom. The first kappa shape index (κ1) is 8.53. The average molecular weight is 157 g/mol. The number of carbonyl (C=O) groups is 1. The van der Waals surface area contributed by atoms with E-state index in [1.807, 2.05) is 7.05 Å². The fourth-order valence-corrected chi connectivity index (χ4v) is 1.47. The van der Waals surface area contributed by atoms with Gasteiger partial charge in [-0.05, 0) is 26.3 Å². The highest BCUT2D eigenvalue weighted by Gasteiger charge is 2.37. The van der Waals surface area contributed by atoms with Crippen molar-refractivity contribution >= 4 is 5.97 Å². The Bertz CT molecular complexity index is 147. The Kier molecular flexibility index (Phi) is 2.49. The zero-order valence-corrected chi connectivity index (χ0v) is 7.14. The van der Waals surface area contributed by atoms with E-state index < -0.39 is 0 Å². The predicted octanol–water partition coefficient (Wildman–Crippen LogP) is 0.692. The minimum Gasteiger partial charge on any atom is -0.469 e. The van der Waals surface area contributed by atoms with Gasteiger partial charge in [-0.25, -0.2) is 0 Å². The third-order valence-corrected chi connectivity index (χ3v) is 2.55. The number of methoxy groups -OCH3 is 1. The zero-order valence-electron chi connectivity index (χ0n) is 7.14. The standard InChI is InChI=1S/C8H15NO2/c1-9-8(4-3-5-8)6-7(10)11-2/h9H,3-6H2,1-2H3. The van der Waals surface area contributed by atoms with Gasteiger partial charge in [-0.1, -0.05) is 0 Å². The molecule has 3 heteroatoms. The van der Waals surface area contributed by atoms with Gasteiger partial charge in [-0.15, -0.1) is 0 Å². The second-order valence-corrected chi connectivity index (χ2v) is 3.14. The minimum atomic E-state index is -0.112. The highest BCUT2D eigenvalue weighted by molar-refractivity contribution is 5.70. The van der Waals surface area contributed by atoms with Crippen LogP contribution in [0.1, 0.15) is 25.7 Å². The summed E-state index contributed by atoms with van der Waals surface area (Å²) in [4.78, 5) is 10.9. The van der Waals surface area contributed by atoms with Crippen LogP contribution in [0, 0.1) is 0 Å². The van der Waals surface area contributed by atoms with E-state index in [0.717, 1.165) is 12.8 Å². The van der Waals surface area contributed by atoms with E-state index in [1.165, 1.54) is 13.5 Å². The molecule has 0 amide bonds. The van der Waals surface area contributed by atoms with E-state index in [4.69, 9.17) is 0 Å². The van der Waals surface area contributed by atoms with Crippen molar-refractivity contribution in [3.05, 3.63) is 0 Å². The molecule has 0 saturated heterocycles. The Balaban J connectivity index is 2.38. The van der Waals surface area contributed by atoms with Crippen LogP contribution in [0.4, 0.5) is 0 Å². The van der Waals surface area contributed by atoms with Crippen molar-refractivity contribution in [3.8, 4) is 0 Å². The molecule has 0 radical (unpaired) electrons. The maximum Gasteiger partial charge on any atom is 0.307 e. The molecular formula is C8H15NO2. The maximum absolute atomic E-state index is 10.9. The largest absolute Gasteiger partial charge is 0.469 e. The fourth-order valence-electron chi connectivity index (χ4n) is 1.47. The smallest absolute Gasteiger partial charge is 0.307 e. The number of ether oxygens (including phenoxy) is 1. The summed E-state index contributed by atoms with van der Waals surface area (Å²) in [6.45, 7) is 0. The molecule has 0 unspecified atom stereocenters. The van der Waals surface area contributed by atoms with Crippen LogP contribution in [0.3, 0.4) is 0 Å². The lowest BCUT2D eigenvalue weighted by Gasteiger charge is -2.40. The summed E-state index contributed by atoms with van der Waals surface area (Å²) in [5.74, 6) is -0.112. The third kappa shape index (κ3) is 1.71. The van der Waals surface area contributed by atoms with E-state index in [9.17, 15) is 4.79 Å². The first-order chi connectivity index (χ1) is 5.22. The minimum absolute atomic E-state index is 0.0626. The molecule has 0 aromatic carbocycles. The van der Waals surface area contributed by atoms with Crippen molar-refractivity contribution in [2.45, 2.75) is 31.2 Å². The molecule has 1 rings (SSSR count). The zero-order chi connectivity index (χ0) is 8.32. The number of hydrogen-bond acceptors (Lipinski definition) is 3. The summed E-state index contributed by atoms with van der Waals surface area (Å²) in [5, 5.41) is 3.18. The van der Waals surface area contributed by atoms with Gasteiger partial charge in [0.1, 0.15) is 0 Å². The fraction of sp³-hybridized carbons (Fsp3) is 0.875. The van der Waals surface area contributed by atoms with Gasteiger partial charge in [0.15, 0.2) is 0 Å². The average Bonchev–Trinajstić information content (AvgIpc) is 1.96. The van der Waals surface area contributed by atoms with Gasteiger partial charge in [0.25, 0.3) is 0 Å². The third-order valence-electron chi connectivity index (χ3n) is 2.55. The number of hydrogen-bond donors (Lipinski definition) is 1. The maximum atomic E-state index is 10.9. The summed E-state index contributed by atoms with van der Waals surface area (Å²) in [6.07, 6.45) is 3.93. The first-order valence-corrected chi connectivity index (χ1v) is 3.98. The summed E-state index contributed by atoms with van der Waals surface area (Å²) >= 11 is 0. The van der Waals surface area contributed by atoms with Crippen LogP contribution >= 0.6 is 0 Å². The molecule has 1 fully saturated rings. The van der Waals surface area contributed by atoms with Crippen LogP contribution < -0.4 is 5.32 Å². The Morgan fingerprint density at radius 1 is 1.64 bits per heavy atom. The molecule has 1 N–H and O–H groups in total. The molecule has 0 aromatic rings. The van der Waals surface area contributed by atoms with Gasteiger partial charge in [0.2, 0.25) is 0 Å². The highest BCUT2D eigenvalue weighted by Crippen LogP contribution is 2.34. The van der Waals surface area contributed by atoms with Crippen molar-refractivity contribution in [2.24, 2.45) is 0 Å². The van der Waals surface area contributed by atoms with E-state index in [2.05, 4.69) is 10.1 Å². The lowest BCUT2D eigenvalue weighted by Crippen LogP contribution is -2.50. The topological polar surface area (TPSA) is 38.3 Å². The van der Waals surface area contributed by atoms with E-state index in [0.29, 0.717) is 6.42 Å². The van der Waals surface area contributed by atoms with Crippen molar-refractivity contribution in [1.82, 2.24) is 5.32 Å². The first-order valence-electron chi connectivity index (χ1n) is 3.98. The SMILES string of the molecule is CNC1(CC(=O)OC)CCC1. The molecule has 1 saturated carbocycles. The number of carbonyl (C=O) groups excluding carboxylic acids is 1. The second kappa shape index (κ2) is 3.22.